The molecule has 1 aliphatic heterocycles. The van der Waals surface area contributed by atoms with E-state index in [-0.39, 0.29) is 6.61 Å². The molecule has 0 N–H and O–H groups in total. The number of nitro benzene ring substituents is 1. The lowest BCUT2D eigenvalue weighted by Gasteiger charge is -2.07. The van der Waals surface area contributed by atoms with E-state index in [4.69, 9.17) is 8.92 Å². The fourth-order valence-electron chi connectivity index (χ4n) is 1.29. The van der Waals surface area contributed by atoms with E-state index in [1.54, 1.807) is 6.92 Å². The smallest absolute Gasteiger partial charge is 0.303 e. The second-order valence-corrected chi connectivity index (χ2v) is 5.76. The van der Waals surface area contributed by atoms with E-state index in [0.717, 1.165) is 12.1 Å². The lowest BCUT2D eigenvalue weighted by atomic mass is 10.2. The van der Waals surface area contributed by atoms with Crippen LogP contribution in [0.1, 0.15) is 6.92 Å². The van der Waals surface area contributed by atoms with Crippen LogP contribution < -0.4 is 0 Å². The summed E-state index contributed by atoms with van der Waals surface area (Å²) in [6.07, 6.45) is 0. The zero-order valence-electron chi connectivity index (χ0n) is 9.53. The van der Waals surface area contributed by atoms with E-state index in [0.29, 0.717) is 6.61 Å². The van der Waals surface area contributed by atoms with Crippen molar-refractivity contribution in [3.8, 4) is 0 Å². The predicted octanol–water partition coefficient (Wildman–Crippen LogP) is 1.09. The summed E-state index contributed by atoms with van der Waals surface area (Å²) in [4.78, 5) is 9.54. The van der Waals surface area contributed by atoms with Gasteiger partial charge in [-0.1, -0.05) is 12.1 Å². The number of hydrogen-bond acceptors (Lipinski definition) is 6. The molecule has 1 aromatic rings. The predicted molar refractivity (Wildman–Crippen MR) is 60.6 cm³/mol. The molecule has 0 aromatic heterocycles. The van der Waals surface area contributed by atoms with E-state index in [9.17, 15) is 18.5 Å². The molecular formula is C10H11NO6S. The molecule has 18 heavy (non-hydrogen) atoms. The normalized spacial score (nSPS) is 22.7. The molecule has 0 saturated carbocycles. The molecule has 1 aliphatic rings. The van der Waals surface area contributed by atoms with Crippen molar-refractivity contribution in [2.24, 2.45) is 0 Å². The molecule has 0 amide bonds. The van der Waals surface area contributed by atoms with Gasteiger partial charge in [0.2, 0.25) is 0 Å². The van der Waals surface area contributed by atoms with Crippen molar-refractivity contribution in [2.75, 3.05) is 13.2 Å². The van der Waals surface area contributed by atoms with Gasteiger partial charge in [0.1, 0.15) is 5.60 Å². The largest absolute Gasteiger partial charge is 0.367 e. The van der Waals surface area contributed by atoms with Crippen molar-refractivity contribution in [2.45, 2.75) is 17.4 Å². The lowest BCUT2D eigenvalue weighted by Crippen LogP contribution is -2.19. The molecule has 1 saturated heterocycles. The van der Waals surface area contributed by atoms with Crippen LogP contribution in [0.4, 0.5) is 5.69 Å². The summed E-state index contributed by atoms with van der Waals surface area (Å²) in [7, 11) is -4.15. The van der Waals surface area contributed by atoms with Gasteiger partial charge in [-0.05, 0) is 13.0 Å². The molecule has 1 unspecified atom stereocenters. The van der Waals surface area contributed by atoms with Crippen molar-refractivity contribution >= 4 is 15.8 Å². The Morgan fingerprint density at radius 2 is 2.11 bits per heavy atom. The van der Waals surface area contributed by atoms with Crippen LogP contribution in [0.15, 0.2) is 29.2 Å². The Labute approximate surface area is 104 Å². The number of epoxide rings is 1. The van der Waals surface area contributed by atoms with Crippen LogP contribution in [-0.4, -0.2) is 32.2 Å². The highest BCUT2D eigenvalue weighted by Crippen LogP contribution is 2.29. The third-order valence-corrected chi connectivity index (χ3v) is 3.80. The monoisotopic (exact) mass is 273 g/mol. The minimum absolute atomic E-state index is 0.151. The summed E-state index contributed by atoms with van der Waals surface area (Å²) in [6.45, 7) is 1.96. The maximum Gasteiger partial charge on any atom is 0.303 e. The van der Waals surface area contributed by atoms with Crippen LogP contribution in [0.5, 0.6) is 0 Å². The maximum atomic E-state index is 11.8. The summed E-state index contributed by atoms with van der Waals surface area (Å²) < 4.78 is 33.5. The van der Waals surface area contributed by atoms with Crippen molar-refractivity contribution in [3.63, 3.8) is 0 Å². The zero-order valence-corrected chi connectivity index (χ0v) is 10.3. The van der Waals surface area contributed by atoms with E-state index >= 15 is 0 Å². The van der Waals surface area contributed by atoms with E-state index in [1.165, 1.54) is 12.1 Å². The first-order valence-electron chi connectivity index (χ1n) is 5.11. The molecule has 1 heterocycles. The highest BCUT2D eigenvalue weighted by molar-refractivity contribution is 7.87. The molecule has 1 atom stereocenters. The van der Waals surface area contributed by atoms with Gasteiger partial charge in [0, 0.05) is 6.07 Å². The zero-order chi connectivity index (χ0) is 13.4. The molecule has 1 fully saturated rings. The Hall–Kier alpha value is -1.51. The third kappa shape index (κ3) is 2.66. The molecular weight excluding hydrogens is 262 g/mol. The van der Waals surface area contributed by atoms with Crippen molar-refractivity contribution in [3.05, 3.63) is 34.4 Å². The van der Waals surface area contributed by atoms with Crippen molar-refractivity contribution < 1.29 is 22.3 Å². The Morgan fingerprint density at radius 3 is 2.67 bits per heavy atom. The summed E-state index contributed by atoms with van der Waals surface area (Å²) >= 11 is 0. The van der Waals surface area contributed by atoms with Gasteiger partial charge in [-0.25, -0.2) is 0 Å². The second-order valence-electron chi connectivity index (χ2n) is 4.18. The standard InChI is InChI=1S/C10H11NO6S/c1-10(6-16-10)7-17-18(14,15)9-5-3-2-4-8(9)11(12)13/h2-5H,6-7H2,1H3. The quantitative estimate of drug-likeness (QED) is 0.344. The fraction of sp³-hybridized carbons (Fsp3) is 0.400. The number of nitrogens with zero attached hydrogens (tertiary/aromatic N) is 1. The third-order valence-electron chi connectivity index (χ3n) is 2.49. The van der Waals surface area contributed by atoms with E-state index in [2.05, 4.69) is 0 Å². The number of nitro groups is 1. The molecule has 0 radical (unpaired) electrons. The molecule has 8 heteroatoms. The van der Waals surface area contributed by atoms with Crippen LogP contribution in [0.2, 0.25) is 0 Å². The first-order valence-corrected chi connectivity index (χ1v) is 6.52. The molecule has 0 aliphatic carbocycles. The highest BCUT2D eigenvalue weighted by atomic mass is 32.2. The molecule has 0 spiro atoms. The summed E-state index contributed by atoms with van der Waals surface area (Å²) in [5, 5.41) is 10.7. The van der Waals surface area contributed by atoms with Crippen LogP contribution >= 0.6 is 0 Å². The van der Waals surface area contributed by atoms with Gasteiger partial charge in [-0.2, -0.15) is 8.42 Å². The molecule has 0 bridgehead atoms. The fourth-order valence-corrected chi connectivity index (χ4v) is 2.47. The minimum atomic E-state index is -4.15. The van der Waals surface area contributed by atoms with Gasteiger partial charge in [-0.3, -0.25) is 14.3 Å². The molecule has 7 nitrogen and oxygen atoms in total. The van der Waals surface area contributed by atoms with Gasteiger partial charge in [0.05, 0.1) is 18.1 Å². The van der Waals surface area contributed by atoms with Gasteiger partial charge in [-0.15, -0.1) is 0 Å². The van der Waals surface area contributed by atoms with Crippen LogP contribution in [0.25, 0.3) is 0 Å². The summed E-state index contributed by atoms with van der Waals surface area (Å²) in [5.41, 5.74) is -1.10. The topological polar surface area (TPSA) is 99.0 Å². The Balaban J connectivity index is 2.26. The molecule has 98 valence electrons. The van der Waals surface area contributed by atoms with Gasteiger partial charge >= 0.3 is 10.1 Å². The van der Waals surface area contributed by atoms with Crippen molar-refractivity contribution in [1.29, 1.82) is 0 Å². The molecule has 1 aromatic carbocycles. The average molecular weight is 273 g/mol. The maximum absolute atomic E-state index is 11.8. The first kappa shape index (κ1) is 12.9. The number of ether oxygens (including phenoxy) is 1. The van der Waals surface area contributed by atoms with Crippen LogP contribution in [-0.2, 0) is 19.0 Å². The number of benzene rings is 1. The van der Waals surface area contributed by atoms with E-state index in [1.807, 2.05) is 0 Å². The van der Waals surface area contributed by atoms with Crippen LogP contribution in [0, 0.1) is 10.1 Å². The Bertz CT molecular complexity index is 578. The first-order chi connectivity index (χ1) is 8.34. The summed E-state index contributed by atoms with van der Waals surface area (Å²) in [6, 6.07) is 5.05. The number of hydrogen-bond donors (Lipinski definition) is 0. The van der Waals surface area contributed by atoms with Crippen molar-refractivity contribution in [1.82, 2.24) is 0 Å². The highest BCUT2D eigenvalue weighted by Gasteiger charge is 2.41. The Morgan fingerprint density at radius 1 is 1.50 bits per heavy atom. The SMILES string of the molecule is CC1(COS(=O)(=O)c2ccccc2[N+](=O)[O-])CO1. The van der Waals surface area contributed by atoms with Gasteiger partial charge in [0.15, 0.2) is 4.90 Å². The minimum Gasteiger partial charge on any atom is -0.367 e. The average Bonchev–Trinajstić information content (AvgIpc) is 3.06. The van der Waals surface area contributed by atoms with E-state index < -0.39 is 31.2 Å². The van der Waals surface area contributed by atoms with Gasteiger partial charge in [0.25, 0.3) is 5.69 Å². The number of rotatable bonds is 5. The molecule has 2 rings (SSSR count). The summed E-state index contributed by atoms with van der Waals surface area (Å²) in [5.74, 6) is 0. The van der Waals surface area contributed by atoms with Gasteiger partial charge < -0.3 is 4.74 Å². The second kappa shape index (κ2) is 4.30. The van der Waals surface area contributed by atoms with Crippen LogP contribution in [0.3, 0.4) is 0 Å². The number of para-hydroxylation sites is 1. The lowest BCUT2D eigenvalue weighted by molar-refractivity contribution is -0.387. The Kier molecular flexibility index (Phi) is 3.09.